The molecule has 2 aliphatic heterocycles. The topological polar surface area (TPSA) is 329 Å². The fourth-order valence-electron chi connectivity index (χ4n) is 5.79. The van der Waals surface area contributed by atoms with Crippen molar-refractivity contribution in [1.82, 2.24) is 25.8 Å². The maximum Gasteiger partial charge on any atom is 0.326 e. The molecule has 2 rings (SSSR count). The molecule has 19 heteroatoms. The van der Waals surface area contributed by atoms with E-state index in [0.717, 1.165) is 0 Å². The molecule has 2 heterocycles. The quantitative estimate of drug-likeness (QED) is 0.0344. The molecule has 2 aliphatic rings. The van der Waals surface area contributed by atoms with E-state index in [1.54, 1.807) is 0 Å². The van der Waals surface area contributed by atoms with Crippen LogP contribution in [0, 0.1) is 0 Å². The number of nitrogens with zero attached hydrogens (tertiary/aromatic N) is 4. The van der Waals surface area contributed by atoms with Gasteiger partial charge in [0.25, 0.3) is 0 Å². The predicted molar refractivity (Wildman–Crippen MR) is 180 cm³/mol. The minimum Gasteiger partial charge on any atom is -0.480 e. The normalized spacial score (nSPS) is 19.1. The lowest BCUT2D eigenvalue weighted by Gasteiger charge is -2.32. The molecule has 19 nitrogen and oxygen atoms in total. The van der Waals surface area contributed by atoms with Crippen LogP contribution < -0.4 is 50.4 Å². The van der Waals surface area contributed by atoms with Crippen LogP contribution in [0.3, 0.4) is 0 Å². The van der Waals surface area contributed by atoms with Crippen molar-refractivity contribution in [3.63, 3.8) is 0 Å². The number of carbonyl (C=O) groups excluding carboxylic acids is 4. The van der Waals surface area contributed by atoms with Gasteiger partial charge in [0.2, 0.25) is 17.7 Å². The molecular weight excluding hydrogens is 626 g/mol. The molecule has 2 fully saturated rings. The van der Waals surface area contributed by atoms with Crippen LogP contribution in [-0.2, 0) is 19.2 Å². The van der Waals surface area contributed by atoms with Gasteiger partial charge < -0.3 is 65.3 Å². The summed E-state index contributed by atoms with van der Waals surface area (Å²) in [4.78, 5) is 74.5. The van der Waals surface area contributed by atoms with Crippen molar-refractivity contribution in [2.75, 3.05) is 39.3 Å². The van der Waals surface area contributed by atoms with Crippen LogP contribution in [0.5, 0.6) is 0 Å². The number of hydrogen-bond acceptors (Lipinski definition) is 9. The Balaban J connectivity index is 1.77. The van der Waals surface area contributed by atoms with E-state index in [0.29, 0.717) is 96.9 Å². The Bertz CT molecular complexity index is 1140. The number of nitrogens with two attached hydrogens (primary N) is 6. The predicted octanol–water partition coefficient (Wildman–Crippen LogP) is -3.23. The molecule has 0 aromatic carbocycles. The van der Waals surface area contributed by atoms with Gasteiger partial charge in [0.05, 0.1) is 6.04 Å². The maximum absolute atomic E-state index is 13.6. The highest BCUT2D eigenvalue weighted by molar-refractivity contribution is 5.94. The number of urea groups is 1. The van der Waals surface area contributed by atoms with Crippen molar-refractivity contribution < 1.29 is 29.1 Å². The van der Waals surface area contributed by atoms with E-state index in [1.807, 2.05) is 0 Å². The number of hydrogen-bond donors (Lipinski definition) is 10. The number of carboxylic acid groups (broad SMARTS) is 1. The van der Waals surface area contributed by atoms with Gasteiger partial charge in [0, 0.05) is 45.3 Å². The Morgan fingerprint density at radius 1 is 0.771 bits per heavy atom. The fourth-order valence-corrected chi connectivity index (χ4v) is 5.79. The molecule has 0 spiro atoms. The minimum absolute atomic E-state index is 0.0284. The number of rotatable bonds is 20. The third kappa shape index (κ3) is 13.8. The van der Waals surface area contributed by atoms with Crippen LogP contribution in [0.25, 0.3) is 0 Å². The van der Waals surface area contributed by atoms with Gasteiger partial charge in [0.1, 0.15) is 18.1 Å². The van der Waals surface area contributed by atoms with Crippen molar-refractivity contribution in [2.24, 2.45) is 44.4 Å². The van der Waals surface area contributed by atoms with Gasteiger partial charge in [-0.2, -0.15) is 0 Å². The highest BCUT2D eigenvalue weighted by Gasteiger charge is 2.43. The van der Waals surface area contributed by atoms with Gasteiger partial charge in [0.15, 0.2) is 11.9 Å². The average Bonchev–Trinajstić information content (AvgIpc) is 3.73. The van der Waals surface area contributed by atoms with Gasteiger partial charge in [-0.25, -0.2) is 9.59 Å². The van der Waals surface area contributed by atoms with Crippen LogP contribution >= 0.6 is 0 Å². The summed E-state index contributed by atoms with van der Waals surface area (Å²) in [6.45, 7) is 2.09. The monoisotopic (exact) mass is 681 g/mol. The smallest absolute Gasteiger partial charge is 0.326 e. The number of carboxylic acids is 1. The average molecular weight is 682 g/mol. The maximum atomic E-state index is 13.6. The molecule has 0 aromatic rings. The van der Waals surface area contributed by atoms with Gasteiger partial charge in [-0.1, -0.05) is 0 Å². The Hall–Kier alpha value is -4.39. The van der Waals surface area contributed by atoms with Crippen LogP contribution in [0.1, 0.15) is 70.6 Å². The van der Waals surface area contributed by atoms with Crippen molar-refractivity contribution in [3.8, 4) is 0 Å². The molecular formula is C29H55N13O6. The molecule has 0 saturated carbocycles. The molecule has 5 amide bonds. The molecule has 48 heavy (non-hydrogen) atoms. The van der Waals surface area contributed by atoms with E-state index in [4.69, 9.17) is 34.4 Å². The molecule has 272 valence electrons. The number of aliphatic carboxylic acids is 1. The molecule has 0 unspecified atom stereocenters. The van der Waals surface area contributed by atoms with Crippen LogP contribution in [-0.4, -0.2) is 126 Å². The summed E-state index contributed by atoms with van der Waals surface area (Å²) in [6.07, 6.45) is 5.38. The van der Waals surface area contributed by atoms with E-state index in [2.05, 4.69) is 25.9 Å². The van der Waals surface area contributed by atoms with E-state index in [1.165, 1.54) is 9.80 Å². The number of aliphatic imine (C=N–C) groups is 2. The van der Waals surface area contributed by atoms with E-state index in [-0.39, 0.29) is 48.8 Å². The zero-order valence-electron chi connectivity index (χ0n) is 27.6. The Morgan fingerprint density at radius 3 is 2.00 bits per heavy atom. The zero-order chi connectivity index (χ0) is 35.6. The minimum atomic E-state index is -1.20. The van der Waals surface area contributed by atoms with Crippen molar-refractivity contribution in [1.29, 1.82) is 0 Å². The zero-order valence-corrected chi connectivity index (χ0v) is 27.6. The summed E-state index contributed by atoms with van der Waals surface area (Å²) in [5.74, 6) is -2.50. The molecule has 0 bridgehead atoms. The summed E-state index contributed by atoms with van der Waals surface area (Å²) < 4.78 is 0. The number of carbonyl (C=O) groups is 5. The van der Waals surface area contributed by atoms with Gasteiger partial charge >= 0.3 is 12.0 Å². The summed E-state index contributed by atoms with van der Waals surface area (Å²) >= 11 is 0. The lowest BCUT2D eigenvalue weighted by atomic mass is 10.1. The first-order valence-electron chi connectivity index (χ1n) is 16.6. The van der Waals surface area contributed by atoms with Crippen molar-refractivity contribution >= 4 is 41.6 Å². The van der Waals surface area contributed by atoms with Crippen molar-refractivity contribution in [2.45, 2.75) is 101 Å². The first-order valence-corrected chi connectivity index (χ1v) is 16.6. The largest absolute Gasteiger partial charge is 0.480 e. The van der Waals surface area contributed by atoms with E-state index >= 15 is 0 Å². The molecule has 2 saturated heterocycles. The molecule has 0 radical (unpaired) electrons. The molecule has 16 N–H and O–H groups in total. The van der Waals surface area contributed by atoms with Crippen molar-refractivity contribution in [3.05, 3.63) is 0 Å². The second-order valence-corrected chi connectivity index (χ2v) is 12.2. The molecule has 5 atom stereocenters. The van der Waals surface area contributed by atoms with E-state index < -0.39 is 36.0 Å². The third-order valence-corrected chi connectivity index (χ3v) is 8.32. The summed E-state index contributed by atoms with van der Waals surface area (Å²) in [6, 6.07) is -4.13. The lowest BCUT2D eigenvalue weighted by Crippen LogP contribution is -2.56. The first kappa shape index (κ1) is 39.8. The Kier molecular flexibility index (Phi) is 17.2. The summed E-state index contributed by atoms with van der Waals surface area (Å²) in [5, 5.41) is 17.6. The number of nitrogens with one attached hydrogen (secondary N) is 3. The van der Waals surface area contributed by atoms with Crippen LogP contribution in [0.4, 0.5) is 4.79 Å². The fraction of sp³-hybridized carbons (Fsp3) is 0.759. The highest BCUT2D eigenvalue weighted by atomic mass is 16.4. The van der Waals surface area contributed by atoms with E-state index in [9.17, 15) is 29.1 Å². The standard InChI is InChI=1S/C29H55N13O6/c30-18(7-3-13-36-27(32)33)17-39-29(48)38-12-2-1-8-19(31)24(44)42-16-6-11-22(42)25(45)41-15-5-10-21(41)23(43)40-20(26(46)47)9-4-14-37-28(34)35/h18-22H,1-17,30-31H2,(H,40,43)(H,46,47)(H4,32,33,36)(H4,34,35,37)(H2,38,39,48)/t18-,19-,20-,21-,22-/m0/s1. The number of amides is 5. The van der Waals surface area contributed by atoms with Crippen LogP contribution in [0.2, 0.25) is 0 Å². The first-order chi connectivity index (χ1) is 22.8. The van der Waals surface area contributed by atoms with Crippen LogP contribution in [0.15, 0.2) is 9.98 Å². The second-order valence-electron chi connectivity index (χ2n) is 12.2. The Morgan fingerprint density at radius 2 is 1.38 bits per heavy atom. The SMILES string of the molecule is NC(N)=NCCC[C@H](N)CNC(=O)NCCCC[C@H](N)C(=O)N1CCC[C@H]1C(=O)N1CCC[C@H]1C(=O)N[C@@H](CCCN=C(N)N)C(=O)O. The number of likely N-dealkylation sites (tertiary alicyclic amines) is 2. The molecule has 0 aromatic heterocycles. The highest BCUT2D eigenvalue weighted by Crippen LogP contribution is 2.26. The number of unbranched alkanes of at least 4 members (excludes halogenated alkanes) is 1. The molecule has 0 aliphatic carbocycles. The second kappa shape index (κ2) is 20.8. The lowest BCUT2D eigenvalue weighted by molar-refractivity contribution is -0.148. The van der Waals surface area contributed by atoms with Gasteiger partial charge in [-0.15, -0.1) is 0 Å². The number of guanidine groups is 2. The van der Waals surface area contributed by atoms with Gasteiger partial charge in [-0.05, 0) is 70.6 Å². The summed E-state index contributed by atoms with van der Waals surface area (Å²) in [7, 11) is 0. The summed E-state index contributed by atoms with van der Waals surface area (Å²) in [5.41, 5.74) is 33.4. The Labute approximate surface area is 281 Å². The third-order valence-electron chi connectivity index (χ3n) is 8.32. The van der Waals surface area contributed by atoms with Gasteiger partial charge in [-0.3, -0.25) is 24.4 Å².